The molecule has 0 saturated carbocycles. The summed E-state index contributed by atoms with van der Waals surface area (Å²) < 4.78 is 15.9. The molecule has 1 atom stereocenters. The predicted molar refractivity (Wildman–Crippen MR) is 122 cm³/mol. The van der Waals surface area contributed by atoms with E-state index in [0.29, 0.717) is 33.4 Å². The minimum absolute atomic E-state index is 0.0757. The molecule has 9 nitrogen and oxygen atoms in total. The van der Waals surface area contributed by atoms with Gasteiger partial charge >= 0.3 is 6.03 Å². The largest absolute Gasteiger partial charge is 0.496 e. The maximum Gasteiger partial charge on any atom is 0.325 e. The molecule has 0 aromatic heterocycles. The van der Waals surface area contributed by atoms with Gasteiger partial charge in [0.15, 0.2) is 11.5 Å². The van der Waals surface area contributed by atoms with Gasteiger partial charge in [-0.25, -0.2) is 4.79 Å². The molecule has 11 heteroatoms. The molecule has 1 aliphatic rings. The Balaban J connectivity index is 1.72. The number of imide groups is 1. The zero-order valence-corrected chi connectivity index (χ0v) is 20.0. The van der Waals surface area contributed by atoms with Crippen LogP contribution in [-0.4, -0.2) is 50.6 Å². The summed E-state index contributed by atoms with van der Waals surface area (Å²) in [6.07, 6.45) is 0. The SMILES string of the molecule is COc1cc(OC)c(OC)cc1CNC(=O)CN1C(=O)NC(C)(c2ccc(Cl)cc2Cl)C1=O. The van der Waals surface area contributed by atoms with Crippen LogP contribution in [0.5, 0.6) is 17.2 Å². The molecule has 1 heterocycles. The van der Waals surface area contributed by atoms with Crippen molar-refractivity contribution in [3.63, 3.8) is 0 Å². The highest BCUT2D eigenvalue weighted by Crippen LogP contribution is 2.36. The topological polar surface area (TPSA) is 106 Å². The van der Waals surface area contributed by atoms with Crippen molar-refractivity contribution < 1.29 is 28.6 Å². The maximum atomic E-state index is 13.1. The summed E-state index contributed by atoms with van der Waals surface area (Å²) in [5.74, 6) is 0.279. The smallest absolute Gasteiger partial charge is 0.325 e. The summed E-state index contributed by atoms with van der Waals surface area (Å²) in [6.45, 7) is 1.13. The summed E-state index contributed by atoms with van der Waals surface area (Å²) in [6, 6.07) is 7.22. The number of halogens is 2. The van der Waals surface area contributed by atoms with Crippen LogP contribution in [0.15, 0.2) is 30.3 Å². The molecule has 3 rings (SSSR count). The number of rotatable bonds is 8. The number of carbonyl (C=O) groups is 3. The first-order valence-corrected chi connectivity index (χ1v) is 10.6. The van der Waals surface area contributed by atoms with Gasteiger partial charge in [0.25, 0.3) is 5.91 Å². The predicted octanol–water partition coefficient (Wildman–Crippen LogP) is 3.10. The van der Waals surface area contributed by atoms with Gasteiger partial charge in [0.05, 0.1) is 21.3 Å². The van der Waals surface area contributed by atoms with Crippen molar-refractivity contribution in [1.29, 1.82) is 0 Å². The fraction of sp³-hybridized carbons (Fsp3) is 0.318. The van der Waals surface area contributed by atoms with Gasteiger partial charge in [0, 0.05) is 33.8 Å². The first-order chi connectivity index (χ1) is 15.6. The van der Waals surface area contributed by atoms with Gasteiger partial charge in [-0.3, -0.25) is 14.5 Å². The number of hydrogen-bond donors (Lipinski definition) is 2. The molecule has 2 aromatic rings. The minimum Gasteiger partial charge on any atom is -0.496 e. The number of amides is 4. The number of hydrogen-bond acceptors (Lipinski definition) is 6. The quantitative estimate of drug-likeness (QED) is 0.545. The molecule has 0 bridgehead atoms. The van der Waals surface area contributed by atoms with E-state index in [2.05, 4.69) is 10.6 Å². The Hall–Kier alpha value is -3.17. The van der Waals surface area contributed by atoms with Crippen LogP contribution in [0.25, 0.3) is 0 Å². The van der Waals surface area contributed by atoms with E-state index in [0.717, 1.165) is 4.90 Å². The molecule has 1 aliphatic heterocycles. The number of benzene rings is 2. The molecule has 4 amide bonds. The van der Waals surface area contributed by atoms with E-state index in [4.69, 9.17) is 37.4 Å². The highest BCUT2D eigenvalue weighted by molar-refractivity contribution is 6.35. The van der Waals surface area contributed by atoms with Crippen molar-refractivity contribution in [3.05, 3.63) is 51.5 Å². The number of urea groups is 1. The summed E-state index contributed by atoms with van der Waals surface area (Å²) >= 11 is 12.2. The van der Waals surface area contributed by atoms with Crippen LogP contribution in [0.1, 0.15) is 18.1 Å². The normalized spacial score (nSPS) is 17.6. The third-order valence-electron chi connectivity index (χ3n) is 5.31. The van der Waals surface area contributed by atoms with Crippen molar-refractivity contribution in [1.82, 2.24) is 15.5 Å². The lowest BCUT2D eigenvalue weighted by Gasteiger charge is -2.23. The molecule has 2 aromatic carbocycles. The monoisotopic (exact) mass is 495 g/mol. The van der Waals surface area contributed by atoms with Crippen LogP contribution in [0.4, 0.5) is 4.79 Å². The second-order valence-corrected chi connectivity index (χ2v) is 8.21. The maximum absolute atomic E-state index is 13.1. The Morgan fingerprint density at radius 3 is 2.27 bits per heavy atom. The molecule has 0 aliphatic carbocycles. The van der Waals surface area contributed by atoms with Crippen molar-refractivity contribution in [2.45, 2.75) is 19.0 Å². The van der Waals surface area contributed by atoms with Gasteiger partial charge in [0.2, 0.25) is 5.91 Å². The average Bonchev–Trinajstić information content (AvgIpc) is 3.00. The van der Waals surface area contributed by atoms with Crippen LogP contribution in [0.2, 0.25) is 10.0 Å². The zero-order valence-electron chi connectivity index (χ0n) is 18.5. The van der Waals surface area contributed by atoms with Crippen molar-refractivity contribution in [2.75, 3.05) is 27.9 Å². The van der Waals surface area contributed by atoms with E-state index >= 15 is 0 Å². The lowest BCUT2D eigenvalue weighted by atomic mass is 9.92. The third-order valence-corrected chi connectivity index (χ3v) is 5.86. The molecule has 0 spiro atoms. The van der Waals surface area contributed by atoms with Crippen molar-refractivity contribution >= 4 is 41.0 Å². The molecular formula is C22H23Cl2N3O6. The standard InChI is InChI=1S/C22H23Cl2N3O6/c1-22(14-6-5-13(23)8-15(14)24)20(29)27(21(30)26-22)11-19(28)25-10-12-7-17(32-3)18(33-4)9-16(12)31-2/h5-9H,10-11H2,1-4H3,(H,25,28)(H,26,30). The van der Waals surface area contributed by atoms with Gasteiger partial charge < -0.3 is 24.8 Å². The Morgan fingerprint density at radius 2 is 1.67 bits per heavy atom. The van der Waals surface area contributed by atoms with Gasteiger partial charge in [-0.1, -0.05) is 29.3 Å². The minimum atomic E-state index is -1.42. The van der Waals surface area contributed by atoms with Gasteiger partial charge in [-0.05, 0) is 25.1 Å². The molecule has 1 unspecified atom stereocenters. The highest BCUT2D eigenvalue weighted by atomic mass is 35.5. The van der Waals surface area contributed by atoms with E-state index in [1.54, 1.807) is 24.3 Å². The van der Waals surface area contributed by atoms with Gasteiger partial charge in [-0.2, -0.15) is 0 Å². The van der Waals surface area contributed by atoms with E-state index in [-0.39, 0.29) is 11.6 Å². The summed E-state index contributed by atoms with van der Waals surface area (Å²) in [5, 5.41) is 5.92. The molecular weight excluding hydrogens is 473 g/mol. The summed E-state index contributed by atoms with van der Waals surface area (Å²) in [4.78, 5) is 39.0. The fourth-order valence-corrected chi connectivity index (χ4v) is 4.14. The Kier molecular flexibility index (Phi) is 7.24. The van der Waals surface area contributed by atoms with Crippen LogP contribution in [-0.2, 0) is 21.7 Å². The summed E-state index contributed by atoms with van der Waals surface area (Å²) in [5.41, 5.74) is -0.422. The first-order valence-electron chi connectivity index (χ1n) is 9.79. The number of methoxy groups -OCH3 is 3. The van der Waals surface area contributed by atoms with E-state index in [1.165, 1.54) is 34.3 Å². The van der Waals surface area contributed by atoms with E-state index < -0.39 is 29.9 Å². The molecule has 176 valence electrons. The lowest BCUT2D eigenvalue weighted by Crippen LogP contribution is -2.43. The average molecular weight is 496 g/mol. The molecule has 0 radical (unpaired) electrons. The second-order valence-electron chi connectivity index (χ2n) is 7.37. The molecule has 33 heavy (non-hydrogen) atoms. The number of carbonyl (C=O) groups excluding carboxylic acids is 3. The highest BCUT2D eigenvalue weighted by Gasteiger charge is 2.50. The molecule has 2 N–H and O–H groups in total. The van der Waals surface area contributed by atoms with Crippen molar-refractivity contribution in [3.8, 4) is 17.2 Å². The van der Waals surface area contributed by atoms with Crippen LogP contribution >= 0.6 is 23.2 Å². The number of ether oxygens (including phenoxy) is 3. The second kappa shape index (κ2) is 9.76. The van der Waals surface area contributed by atoms with Crippen LogP contribution in [0, 0.1) is 0 Å². The van der Waals surface area contributed by atoms with E-state index in [9.17, 15) is 14.4 Å². The number of nitrogens with one attached hydrogen (secondary N) is 2. The van der Waals surface area contributed by atoms with Gasteiger partial charge in [0.1, 0.15) is 17.8 Å². The summed E-state index contributed by atoms with van der Waals surface area (Å²) in [7, 11) is 4.48. The Morgan fingerprint density at radius 1 is 1.03 bits per heavy atom. The Labute approximate surface area is 200 Å². The van der Waals surface area contributed by atoms with Gasteiger partial charge in [-0.15, -0.1) is 0 Å². The van der Waals surface area contributed by atoms with Crippen LogP contribution < -0.4 is 24.8 Å². The fourth-order valence-electron chi connectivity index (χ4n) is 3.54. The lowest BCUT2D eigenvalue weighted by molar-refractivity contribution is -0.134. The van der Waals surface area contributed by atoms with Crippen LogP contribution in [0.3, 0.4) is 0 Å². The van der Waals surface area contributed by atoms with Crippen molar-refractivity contribution in [2.24, 2.45) is 0 Å². The first kappa shape index (κ1) is 24.5. The molecule has 1 fully saturated rings. The van der Waals surface area contributed by atoms with E-state index in [1.807, 2.05) is 0 Å². The Bertz CT molecular complexity index is 1110. The zero-order chi connectivity index (χ0) is 24.3. The third kappa shape index (κ3) is 4.79. The molecule has 1 saturated heterocycles. The number of nitrogens with zero attached hydrogens (tertiary/aromatic N) is 1.